The molecule has 0 bridgehead atoms. The SMILES string of the molecule is CN=C(NCC1CCN(c2ccccc2)C1)N(C)Cc1ccccc1C. The topological polar surface area (TPSA) is 30.9 Å². The second-order valence-corrected chi connectivity index (χ2v) is 7.15. The Morgan fingerprint density at radius 2 is 1.88 bits per heavy atom. The number of benzene rings is 2. The van der Waals surface area contributed by atoms with E-state index in [9.17, 15) is 0 Å². The summed E-state index contributed by atoms with van der Waals surface area (Å²) in [4.78, 5) is 9.15. The first kappa shape index (κ1) is 18.3. The van der Waals surface area contributed by atoms with Crippen molar-refractivity contribution in [1.29, 1.82) is 0 Å². The van der Waals surface area contributed by atoms with Gasteiger partial charge in [-0.15, -0.1) is 0 Å². The van der Waals surface area contributed by atoms with Crippen molar-refractivity contribution in [3.05, 3.63) is 65.7 Å². The minimum absolute atomic E-state index is 0.652. The third-order valence-electron chi connectivity index (χ3n) is 5.20. The van der Waals surface area contributed by atoms with Gasteiger partial charge in [0, 0.05) is 46.0 Å². The van der Waals surface area contributed by atoms with E-state index in [0.29, 0.717) is 5.92 Å². The molecule has 1 heterocycles. The van der Waals surface area contributed by atoms with Crippen LogP contribution >= 0.6 is 0 Å². The standard InChI is InChI=1S/C22H30N4/c1-18-9-7-8-10-20(18)17-25(3)22(23-2)24-15-19-13-14-26(16-19)21-11-5-4-6-12-21/h4-12,19H,13-17H2,1-3H3,(H,23,24). The van der Waals surface area contributed by atoms with Crippen LogP contribution in [-0.2, 0) is 6.54 Å². The van der Waals surface area contributed by atoms with Crippen LogP contribution in [-0.4, -0.2) is 44.6 Å². The average Bonchev–Trinajstić information content (AvgIpc) is 3.14. The summed E-state index contributed by atoms with van der Waals surface area (Å²) in [5, 5.41) is 3.57. The van der Waals surface area contributed by atoms with Gasteiger partial charge in [0.05, 0.1) is 0 Å². The zero-order valence-electron chi connectivity index (χ0n) is 16.2. The van der Waals surface area contributed by atoms with E-state index in [2.05, 4.69) is 88.7 Å². The molecule has 1 aliphatic heterocycles. The van der Waals surface area contributed by atoms with E-state index in [1.165, 1.54) is 23.2 Å². The Hall–Kier alpha value is -2.49. The minimum Gasteiger partial charge on any atom is -0.371 e. The lowest BCUT2D eigenvalue weighted by Gasteiger charge is -2.24. The second kappa shape index (κ2) is 8.75. The van der Waals surface area contributed by atoms with Gasteiger partial charge in [0.15, 0.2) is 5.96 Å². The van der Waals surface area contributed by atoms with Crippen molar-refractivity contribution < 1.29 is 0 Å². The van der Waals surface area contributed by atoms with Crippen LogP contribution in [0.3, 0.4) is 0 Å². The van der Waals surface area contributed by atoms with Crippen molar-refractivity contribution in [3.8, 4) is 0 Å². The summed E-state index contributed by atoms with van der Waals surface area (Å²) in [6, 6.07) is 19.2. The summed E-state index contributed by atoms with van der Waals surface area (Å²) >= 11 is 0. The number of rotatable bonds is 5. The predicted octanol–water partition coefficient (Wildman–Crippen LogP) is 3.53. The Labute approximate surface area is 157 Å². The Balaban J connectivity index is 1.51. The monoisotopic (exact) mass is 350 g/mol. The van der Waals surface area contributed by atoms with Gasteiger partial charge >= 0.3 is 0 Å². The number of nitrogens with one attached hydrogen (secondary N) is 1. The van der Waals surface area contributed by atoms with Crippen LogP contribution in [0.15, 0.2) is 59.6 Å². The Bertz CT molecular complexity index is 726. The van der Waals surface area contributed by atoms with Crippen LogP contribution in [0, 0.1) is 12.8 Å². The zero-order valence-corrected chi connectivity index (χ0v) is 16.2. The van der Waals surface area contributed by atoms with E-state index in [4.69, 9.17) is 0 Å². The van der Waals surface area contributed by atoms with Gasteiger partial charge in [0.2, 0.25) is 0 Å². The molecule has 138 valence electrons. The van der Waals surface area contributed by atoms with E-state index in [1.54, 1.807) is 0 Å². The second-order valence-electron chi connectivity index (χ2n) is 7.15. The van der Waals surface area contributed by atoms with Crippen molar-refractivity contribution in [2.45, 2.75) is 19.9 Å². The van der Waals surface area contributed by atoms with Crippen LogP contribution in [0.5, 0.6) is 0 Å². The molecule has 0 aromatic heterocycles. The first-order valence-electron chi connectivity index (χ1n) is 9.43. The molecule has 4 nitrogen and oxygen atoms in total. The molecular formula is C22H30N4. The molecule has 1 N–H and O–H groups in total. The molecule has 0 aliphatic carbocycles. The molecule has 26 heavy (non-hydrogen) atoms. The summed E-state index contributed by atoms with van der Waals surface area (Å²) < 4.78 is 0. The third-order valence-corrected chi connectivity index (χ3v) is 5.20. The Morgan fingerprint density at radius 3 is 2.62 bits per heavy atom. The van der Waals surface area contributed by atoms with Crippen molar-refractivity contribution in [1.82, 2.24) is 10.2 Å². The first-order valence-corrected chi connectivity index (χ1v) is 9.43. The van der Waals surface area contributed by atoms with E-state index in [1.807, 2.05) is 7.05 Å². The lowest BCUT2D eigenvalue weighted by atomic mass is 10.1. The number of aliphatic imine (C=N–C) groups is 1. The normalized spacial score (nSPS) is 17.4. The quantitative estimate of drug-likeness (QED) is 0.661. The van der Waals surface area contributed by atoms with E-state index in [0.717, 1.165) is 32.1 Å². The molecule has 0 radical (unpaired) electrons. The van der Waals surface area contributed by atoms with E-state index >= 15 is 0 Å². The molecule has 1 saturated heterocycles. The fourth-order valence-electron chi connectivity index (χ4n) is 3.61. The highest BCUT2D eigenvalue weighted by molar-refractivity contribution is 5.79. The molecule has 1 aliphatic rings. The number of hydrogen-bond donors (Lipinski definition) is 1. The fraction of sp³-hybridized carbons (Fsp3) is 0.409. The lowest BCUT2D eigenvalue weighted by molar-refractivity contribution is 0.461. The van der Waals surface area contributed by atoms with Gasteiger partial charge in [0.1, 0.15) is 0 Å². The summed E-state index contributed by atoms with van der Waals surface area (Å²) in [7, 11) is 3.97. The van der Waals surface area contributed by atoms with E-state index < -0.39 is 0 Å². The number of aryl methyl sites for hydroxylation is 1. The molecule has 2 aromatic carbocycles. The van der Waals surface area contributed by atoms with Crippen molar-refractivity contribution >= 4 is 11.6 Å². The number of guanidine groups is 1. The maximum atomic E-state index is 4.47. The largest absolute Gasteiger partial charge is 0.371 e. The Kier molecular flexibility index (Phi) is 6.16. The predicted molar refractivity (Wildman–Crippen MR) is 111 cm³/mol. The van der Waals surface area contributed by atoms with Crippen LogP contribution in [0.4, 0.5) is 5.69 Å². The van der Waals surface area contributed by atoms with Gasteiger partial charge in [-0.05, 0) is 42.5 Å². The molecule has 1 fully saturated rings. The number of hydrogen-bond acceptors (Lipinski definition) is 2. The summed E-state index contributed by atoms with van der Waals surface area (Å²) in [6.45, 7) is 6.24. The van der Waals surface area contributed by atoms with Crippen molar-refractivity contribution in [2.75, 3.05) is 38.6 Å². The van der Waals surface area contributed by atoms with E-state index in [-0.39, 0.29) is 0 Å². The molecular weight excluding hydrogens is 320 g/mol. The van der Waals surface area contributed by atoms with Crippen LogP contribution in [0.1, 0.15) is 17.5 Å². The van der Waals surface area contributed by atoms with Gasteiger partial charge in [-0.25, -0.2) is 0 Å². The summed E-state index contributed by atoms with van der Waals surface area (Å²) in [5.74, 6) is 1.62. The summed E-state index contributed by atoms with van der Waals surface area (Å²) in [6.07, 6.45) is 1.22. The Morgan fingerprint density at radius 1 is 1.15 bits per heavy atom. The van der Waals surface area contributed by atoms with Crippen LogP contribution in [0.25, 0.3) is 0 Å². The van der Waals surface area contributed by atoms with Crippen molar-refractivity contribution in [2.24, 2.45) is 10.9 Å². The zero-order chi connectivity index (χ0) is 18.4. The third kappa shape index (κ3) is 4.57. The highest BCUT2D eigenvalue weighted by Crippen LogP contribution is 2.23. The van der Waals surface area contributed by atoms with Gasteiger partial charge in [-0.3, -0.25) is 4.99 Å². The molecule has 1 atom stereocenters. The van der Waals surface area contributed by atoms with Gasteiger partial charge in [-0.1, -0.05) is 42.5 Å². The molecule has 0 spiro atoms. The molecule has 4 heteroatoms. The maximum absolute atomic E-state index is 4.47. The molecule has 0 amide bonds. The molecule has 2 aromatic rings. The number of anilines is 1. The lowest BCUT2D eigenvalue weighted by Crippen LogP contribution is -2.41. The number of nitrogens with zero attached hydrogens (tertiary/aromatic N) is 3. The smallest absolute Gasteiger partial charge is 0.193 e. The van der Waals surface area contributed by atoms with Crippen molar-refractivity contribution in [3.63, 3.8) is 0 Å². The van der Waals surface area contributed by atoms with Gasteiger partial charge in [0.25, 0.3) is 0 Å². The molecule has 1 unspecified atom stereocenters. The number of para-hydroxylation sites is 1. The molecule has 3 rings (SSSR count). The fourth-order valence-corrected chi connectivity index (χ4v) is 3.61. The molecule has 0 saturated carbocycles. The highest BCUT2D eigenvalue weighted by atomic mass is 15.3. The first-order chi connectivity index (χ1) is 12.7. The average molecular weight is 351 g/mol. The highest BCUT2D eigenvalue weighted by Gasteiger charge is 2.23. The maximum Gasteiger partial charge on any atom is 0.193 e. The van der Waals surface area contributed by atoms with Gasteiger partial charge < -0.3 is 15.1 Å². The van der Waals surface area contributed by atoms with Gasteiger partial charge in [-0.2, -0.15) is 0 Å². The summed E-state index contributed by atoms with van der Waals surface area (Å²) in [5.41, 5.74) is 3.99. The van der Waals surface area contributed by atoms with Crippen LogP contribution in [0.2, 0.25) is 0 Å². The minimum atomic E-state index is 0.652. The van der Waals surface area contributed by atoms with Crippen LogP contribution < -0.4 is 10.2 Å².